The molecule has 0 spiro atoms. The largest absolute Gasteiger partial charge is 0.354 e. The van der Waals surface area contributed by atoms with Crippen LogP contribution in [0.15, 0.2) is 43.4 Å². The van der Waals surface area contributed by atoms with E-state index in [1.54, 1.807) is 0 Å². The van der Waals surface area contributed by atoms with Gasteiger partial charge in [0.2, 0.25) is 0 Å². The van der Waals surface area contributed by atoms with Gasteiger partial charge in [0.15, 0.2) is 0 Å². The lowest BCUT2D eigenvalue weighted by molar-refractivity contribution is 0.857. The van der Waals surface area contributed by atoms with Gasteiger partial charge in [0, 0.05) is 23.3 Å². The molecular formula is C17H9N3O4. The van der Waals surface area contributed by atoms with Crippen molar-refractivity contribution in [2.45, 2.75) is 0 Å². The Bertz CT molecular complexity index is 1540. The average Bonchev–Trinajstić information content (AvgIpc) is 3.15. The maximum atomic E-state index is 12.6. The molecule has 0 aliphatic carbocycles. The van der Waals surface area contributed by atoms with Crippen molar-refractivity contribution in [2.24, 2.45) is 7.05 Å². The molecule has 0 saturated carbocycles. The monoisotopic (exact) mass is 319 g/mol. The van der Waals surface area contributed by atoms with Crippen LogP contribution in [0.5, 0.6) is 0 Å². The number of nitrogens with zero attached hydrogens (tertiary/aromatic N) is 1. The third kappa shape index (κ3) is 1.25. The van der Waals surface area contributed by atoms with E-state index < -0.39 is 22.2 Å². The number of benzene rings is 2. The number of nitrogens with one attached hydrogen (secondary N) is 2. The normalized spacial score (nSPS) is 12.2. The number of hydrogen-bond acceptors (Lipinski definition) is 4. The molecule has 24 heavy (non-hydrogen) atoms. The molecule has 116 valence electrons. The summed E-state index contributed by atoms with van der Waals surface area (Å²) in [6, 6.07) is 7.26. The van der Waals surface area contributed by atoms with Crippen LogP contribution in [-0.2, 0) is 7.05 Å². The molecule has 3 aromatic heterocycles. The molecule has 0 unspecified atom stereocenters. The number of aromatic amines is 2. The highest BCUT2D eigenvalue weighted by molar-refractivity contribution is 6.31. The summed E-state index contributed by atoms with van der Waals surface area (Å²) in [5, 5.41) is 1.54. The van der Waals surface area contributed by atoms with Crippen molar-refractivity contribution in [3.05, 3.63) is 65.7 Å². The second-order valence-electron chi connectivity index (χ2n) is 5.87. The lowest BCUT2D eigenvalue weighted by Crippen LogP contribution is -2.21. The number of hydrogen-bond donors (Lipinski definition) is 2. The Morgan fingerprint density at radius 1 is 0.750 bits per heavy atom. The van der Waals surface area contributed by atoms with Crippen molar-refractivity contribution in [2.75, 3.05) is 0 Å². The van der Waals surface area contributed by atoms with Gasteiger partial charge in [-0.05, 0) is 6.07 Å². The number of aromatic nitrogens is 3. The molecular weight excluding hydrogens is 310 g/mol. The number of H-pyrrole nitrogens is 2. The Kier molecular flexibility index (Phi) is 2.10. The molecule has 3 heterocycles. The highest BCUT2D eigenvalue weighted by Gasteiger charge is 2.24. The minimum absolute atomic E-state index is 0.0121. The molecule has 7 nitrogen and oxygen atoms in total. The van der Waals surface area contributed by atoms with E-state index in [1.807, 2.05) is 24.3 Å². The van der Waals surface area contributed by atoms with E-state index in [2.05, 4.69) is 9.97 Å². The molecule has 7 heteroatoms. The van der Waals surface area contributed by atoms with Crippen molar-refractivity contribution in [3.8, 4) is 0 Å². The van der Waals surface area contributed by atoms with Gasteiger partial charge in [0.25, 0.3) is 22.2 Å². The van der Waals surface area contributed by atoms with Gasteiger partial charge in [-0.2, -0.15) is 0 Å². The predicted octanol–water partition coefficient (Wildman–Crippen LogP) is 0.610. The minimum atomic E-state index is -0.650. The van der Waals surface area contributed by atoms with Gasteiger partial charge >= 0.3 is 0 Å². The van der Waals surface area contributed by atoms with Gasteiger partial charge in [-0.15, -0.1) is 0 Å². The molecule has 2 N–H and O–H groups in total. The van der Waals surface area contributed by atoms with Crippen LogP contribution >= 0.6 is 0 Å². The Morgan fingerprint density at radius 2 is 1.38 bits per heavy atom. The zero-order chi connectivity index (χ0) is 16.7. The Balaban J connectivity index is 2.41. The van der Waals surface area contributed by atoms with Crippen molar-refractivity contribution < 1.29 is 0 Å². The van der Waals surface area contributed by atoms with Gasteiger partial charge in [0.05, 0.1) is 27.1 Å². The molecule has 0 aliphatic heterocycles. The summed E-state index contributed by atoms with van der Waals surface area (Å²) in [5.41, 5.74) is -1.12. The van der Waals surface area contributed by atoms with Crippen LogP contribution in [0.2, 0.25) is 0 Å². The highest BCUT2D eigenvalue weighted by Crippen LogP contribution is 2.34. The summed E-state index contributed by atoms with van der Waals surface area (Å²) < 4.78 is 0.974. The zero-order valence-corrected chi connectivity index (χ0v) is 12.4. The molecule has 0 radical (unpaired) electrons. The van der Waals surface area contributed by atoms with Crippen LogP contribution in [0.3, 0.4) is 0 Å². The fourth-order valence-electron chi connectivity index (χ4n) is 3.63. The van der Waals surface area contributed by atoms with Crippen LogP contribution in [0, 0.1) is 0 Å². The van der Waals surface area contributed by atoms with Gasteiger partial charge in [-0.25, -0.2) is 0 Å². The SMILES string of the molecule is Cn1c(=O)c2c3c(=O)[nH]c(=O)c3c3[nH]c4ccccc4c3c2c1=O. The van der Waals surface area contributed by atoms with Crippen LogP contribution < -0.4 is 22.2 Å². The first-order valence-electron chi connectivity index (χ1n) is 7.29. The summed E-state index contributed by atoms with van der Waals surface area (Å²) in [7, 11) is 1.37. The Hall–Kier alpha value is -3.48. The maximum absolute atomic E-state index is 12.6. The number of para-hydroxylation sites is 1. The van der Waals surface area contributed by atoms with Crippen LogP contribution in [0.4, 0.5) is 0 Å². The molecule has 5 rings (SSSR count). The highest BCUT2D eigenvalue weighted by atomic mass is 16.2. The molecule has 0 bridgehead atoms. The van der Waals surface area contributed by atoms with Gasteiger partial charge in [-0.3, -0.25) is 28.7 Å². The van der Waals surface area contributed by atoms with E-state index in [-0.39, 0.29) is 21.5 Å². The first-order chi connectivity index (χ1) is 11.5. The van der Waals surface area contributed by atoms with E-state index in [0.717, 1.165) is 15.5 Å². The molecule has 5 aromatic rings. The fourth-order valence-corrected chi connectivity index (χ4v) is 3.63. The van der Waals surface area contributed by atoms with E-state index in [0.29, 0.717) is 10.9 Å². The van der Waals surface area contributed by atoms with Gasteiger partial charge < -0.3 is 4.98 Å². The van der Waals surface area contributed by atoms with Crippen molar-refractivity contribution >= 4 is 43.4 Å². The first kappa shape index (κ1) is 13.0. The van der Waals surface area contributed by atoms with E-state index in [9.17, 15) is 19.2 Å². The lowest BCUT2D eigenvalue weighted by atomic mass is 10.0. The molecule has 0 saturated heterocycles. The van der Waals surface area contributed by atoms with Crippen molar-refractivity contribution in [1.29, 1.82) is 0 Å². The van der Waals surface area contributed by atoms with Gasteiger partial charge in [-0.1, -0.05) is 18.2 Å². The third-order valence-electron chi connectivity index (χ3n) is 4.67. The smallest absolute Gasteiger partial charge is 0.262 e. The average molecular weight is 319 g/mol. The minimum Gasteiger partial charge on any atom is -0.354 e. The molecule has 0 aliphatic rings. The summed E-state index contributed by atoms with van der Waals surface area (Å²) in [4.78, 5) is 55.0. The molecule has 0 fully saturated rings. The first-order valence-corrected chi connectivity index (χ1v) is 7.29. The predicted molar refractivity (Wildman–Crippen MR) is 91.6 cm³/mol. The molecule has 0 amide bonds. The fraction of sp³-hybridized carbons (Fsp3) is 0.0588. The van der Waals surface area contributed by atoms with E-state index >= 15 is 0 Å². The van der Waals surface area contributed by atoms with Gasteiger partial charge in [0.1, 0.15) is 0 Å². The maximum Gasteiger partial charge on any atom is 0.262 e. The summed E-state index contributed by atoms with van der Waals surface area (Å²) in [6.45, 7) is 0. The topological polar surface area (TPSA) is 105 Å². The summed E-state index contributed by atoms with van der Waals surface area (Å²) >= 11 is 0. The van der Waals surface area contributed by atoms with Crippen LogP contribution in [0.25, 0.3) is 43.4 Å². The Labute approximate surface area is 131 Å². The third-order valence-corrected chi connectivity index (χ3v) is 4.67. The Morgan fingerprint density at radius 3 is 2.12 bits per heavy atom. The molecule has 0 atom stereocenters. The standard InChI is InChI=1S/C17H9N3O4/c1-20-16(23)10-8-6-4-2-3-5-7(6)18-13(8)12-9(11(10)17(20)24)14(21)19-15(12)22/h2-5,18H,1H3,(H,19,21,22). The van der Waals surface area contributed by atoms with Crippen LogP contribution in [0.1, 0.15) is 0 Å². The second-order valence-corrected chi connectivity index (χ2v) is 5.87. The molecule has 2 aromatic carbocycles. The number of rotatable bonds is 0. The van der Waals surface area contributed by atoms with E-state index in [1.165, 1.54) is 7.05 Å². The second kappa shape index (κ2) is 3.88. The quantitative estimate of drug-likeness (QED) is 0.436. The summed E-state index contributed by atoms with van der Waals surface area (Å²) in [5.74, 6) is 0. The lowest BCUT2D eigenvalue weighted by Gasteiger charge is -1.95. The number of fused-ring (bicyclic) bond motifs is 8. The van der Waals surface area contributed by atoms with Crippen molar-refractivity contribution in [3.63, 3.8) is 0 Å². The van der Waals surface area contributed by atoms with Crippen LogP contribution in [-0.4, -0.2) is 14.5 Å². The zero-order valence-electron chi connectivity index (χ0n) is 12.4. The van der Waals surface area contributed by atoms with Crippen molar-refractivity contribution in [1.82, 2.24) is 14.5 Å². The van der Waals surface area contributed by atoms with E-state index in [4.69, 9.17) is 0 Å². The summed E-state index contributed by atoms with van der Waals surface area (Å²) in [6.07, 6.45) is 0.